The van der Waals surface area contributed by atoms with Gasteiger partial charge in [0.25, 0.3) is 0 Å². The monoisotopic (exact) mass is 248 g/mol. The number of fused-ring (bicyclic) bond motifs is 1. The van der Waals surface area contributed by atoms with Crippen LogP contribution in [0.5, 0.6) is 0 Å². The van der Waals surface area contributed by atoms with Crippen LogP contribution < -0.4 is 16.3 Å². The van der Waals surface area contributed by atoms with Gasteiger partial charge < -0.3 is 15.7 Å². The number of benzene rings is 1. The van der Waals surface area contributed by atoms with E-state index in [1.54, 1.807) is 29.3 Å². The predicted molar refractivity (Wildman–Crippen MR) is 70.8 cm³/mol. The molecule has 6 nitrogen and oxygen atoms in total. The van der Waals surface area contributed by atoms with Crippen molar-refractivity contribution >= 4 is 22.4 Å². The topological polar surface area (TPSA) is 76.4 Å². The summed E-state index contributed by atoms with van der Waals surface area (Å²) in [5.41, 5.74) is 9.04. The molecule has 1 aliphatic heterocycles. The molecule has 6 heteroatoms. The van der Waals surface area contributed by atoms with Crippen molar-refractivity contribution in [3.8, 4) is 0 Å². The van der Waals surface area contributed by atoms with Gasteiger partial charge >= 0.3 is 5.69 Å². The Bertz CT molecular complexity index is 679. The number of hydrogen-bond acceptors (Lipinski definition) is 4. The summed E-state index contributed by atoms with van der Waals surface area (Å²) in [5.74, 6) is 0. The Labute approximate surface area is 104 Å². The first-order valence-electron chi connectivity index (χ1n) is 5.87. The quantitative estimate of drug-likeness (QED) is 0.676. The van der Waals surface area contributed by atoms with Crippen LogP contribution in [-0.4, -0.2) is 33.4 Å². The van der Waals surface area contributed by atoms with Crippen LogP contribution in [0.1, 0.15) is 0 Å². The average Bonchev–Trinajstić information content (AvgIpc) is 2.50. The molecule has 0 atom stereocenters. The summed E-state index contributed by atoms with van der Waals surface area (Å²) in [7, 11) is 3.49. The second-order valence-corrected chi connectivity index (χ2v) is 4.87. The number of nitrogen functional groups attached to an aromatic ring is 1. The maximum Gasteiger partial charge on any atom is 0.328 e. The van der Waals surface area contributed by atoms with Crippen molar-refractivity contribution in [2.75, 3.05) is 23.7 Å². The third kappa shape index (κ3) is 1.35. The molecule has 2 aromatic rings. The van der Waals surface area contributed by atoms with Crippen molar-refractivity contribution in [1.82, 2.24) is 9.13 Å². The van der Waals surface area contributed by atoms with Gasteiger partial charge in [0.15, 0.2) is 0 Å². The summed E-state index contributed by atoms with van der Waals surface area (Å²) in [5, 5.41) is 9.40. The molecule has 18 heavy (non-hydrogen) atoms. The molecule has 1 saturated heterocycles. The highest BCUT2D eigenvalue weighted by Gasteiger charge is 2.27. The molecule has 0 aliphatic carbocycles. The largest absolute Gasteiger partial charge is 0.399 e. The van der Waals surface area contributed by atoms with Gasteiger partial charge in [0.05, 0.1) is 22.8 Å². The van der Waals surface area contributed by atoms with Crippen molar-refractivity contribution in [1.29, 1.82) is 0 Å². The van der Waals surface area contributed by atoms with Crippen molar-refractivity contribution in [3.63, 3.8) is 0 Å². The van der Waals surface area contributed by atoms with E-state index in [2.05, 4.69) is 0 Å². The number of nitrogens with zero attached hydrogens (tertiary/aromatic N) is 3. The Hall–Kier alpha value is -1.95. The fourth-order valence-electron chi connectivity index (χ4n) is 2.54. The molecular formula is C12H16N4O2. The maximum absolute atomic E-state index is 12.0. The molecule has 1 fully saturated rings. The summed E-state index contributed by atoms with van der Waals surface area (Å²) in [6, 6.07) is 3.66. The fraction of sp³-hybridized carbons (Fsp3) is 0.417. The minimum absolute atomic E-state index is 0.0714. The highest BCUT2D eigenvalue weighted by atomic mass is 16.3. The van der Waals surface area contributed by atoms with E-state index >= 15 is 0 Å². The van der Waals surface area contributed by atoms with E-state index < -0.39 is 0 Å². The zero-order chi connectivity index (χ0) is 13.0. The normalized spacial score (nSPS) is 16.3. The van der Waals surface area contributed by atoms with Gasteiger partial charge in [0.1, 0.15) is 0 Å². The predicted octanol–water partition coefficient (Wildman–Crippen LogP) is -0.360. The van der Waals surface area contributed by atoms with Gasteiger partial charge in [-0.2, -0.15) is 0 Å². The first kappa shape index (κ1) is 11.2. The highest BCUT2D eigenvalue weighted by molar-refractivity contribution is 5.93. The smallest absolute Gasteiger partial charge is 0.328 e. The van der Waals surface area contributed by atoms with Crippen LogP contribution in [0.3, 0.4) is 0 Å². The second-order valence-electron chi connectivity index (χ2n) is 4.87. The Kier molecular flexibility index (Phi) is 2.18. The van der Waals surface area contributed by atoms with Gasteiger partial charge in [-0.15, -0.1) is 0 Å². The van der Waals surface area contributed by atoms with Gasteiger partial charge in [-0.25, -0.2) is 4.79 Å². The summed E-state index contributed by atoms with van der Waals surface area (Å²) in [4.78, 5) is 14.0. The van der Waals surface area contributed by atoms with Crippen LogP contribution in [0, 0.1) is 0 Å². The fourth-order valence-corrected chi connectivity index (χ4v) is 2.54. The molecule has 0 spiro atoms. The third-order valence-corrected chi connectivity index (χ3v) is 3.57. The van der Waals surface area contributed by atoms with E-state index in [0.717, 1.165) is 16.7 Å². The highest BCUT2D eigenvalue weighted by Crippen LogP contribution is 2.31. The summed E-state index contributed by atoms with van der Waals surface area (Å²) >= 11 is 0. The molecular weight excluding hydrogens is 232 g/mol. The summed E-state index contributed by atoms with van der Waals surface area (Å²) < 4.78 is 3.21. The zero-order valence-corrected chi connectivity index (χ0v) is 10.4. The third-order valence-electron chi connectivity index (χ3n) is 3.57. The van der Waals surface area contributed by atoms with E-state index in [9.17, 15) is 9.90 Å². The molecule has 0 unspecified atom stereocenters. The van der Waals surface area contributed by atoms with Crippen LogP contribution in [-0.2, 0) is 14.1 Å². The van der Waals surface area contributed by atoms with Crippen LogP contribution in [0.4, 0.5) is 11.4 Å². The molecule has 1 aromatic heterocycles. The van der Waals surface area contributed by atoms with E-state index in [1.165, 1.54) is 0 Å². The lowest BCUT2D eigenvalue weighted by atomic mass is 10.1. The van der Waals surface area contributed by atoms with E-state index in [-0.39, 0.29) is 11.8 Å². The molecule has 1 aromatic carbocycles. The van der Waals surface area contributed by atoms with Crippen molar-refractivity contribution in [2.24, 2.45) is 14.1 Å². The number of anilines is 2. The SMILES string of the molecule is Cn1c(=O)n(C)c2c(N3CC(O)C3)cc(N)cc21. The van der Waals surface area contributed by atoms with Crippen LogP contribution in [0.2, 0.25) is 0 Å². The van der Waals surface area contributed by atoms with Gasteiger partial charge in [-0.3, -0.25) is 9.13 Å². The molecule has 0 saturated carbocycles. The molecule has 96 valence electrons. The number of hydrogen-bond donors (Lipinski definition) is 2. The molecule has 1 aliphatic rings. The summed E-state index contributed by atoms with van der Waals surface area (Å²) in [6.45, 7) is 1.17. The number of aliphatic hydroxyl groups is 1. The van der Waals surface area contributed by atoms with Gasteiger partial charge in [-0.05, 0) is 12.1 Å². The van der Waals surface area contributed by atoms with Crippen molar-refractivity contribution in [3.05, 3.63) is 22.6 Å². The first-order chi connectivity index (χ1) is 8.49. The number of imidazole rings is 1. The Morgan fingerprint density at radius 2 is 1.94 bits per heavy atom. The number of β-amino-alcohol motifs (C(OH)–C–C–N with tert-alkyl or cyclic N) is 1. The number of aromatic nitrogens is 2. The number of aryl methyl sites for hydroxylation is 2. The Morgan fingerprint density at radius 1 is 1.28 bits per heavy atom. The Balaban J connectivity index is 2.30. The van der Waals surface area contributed by atoms with Crippen LogP contribution in [0.15, 0.2) is 16.9 Å². The van der Waals surface area contributed by atoms with Crippen molar-refractivity contribution in [2.45, 2.75) is 6.10 Å². The number of aliphatic hydroxyl groups excluding tert-OH is 1. The lowest BCUT2D eigenvalue weighted by Crippen LogP contribution is -2.51. The van der Waals surface area contributed by atoms with Crippen molar-refractivity contribution < 1.29 is 5.11 Å². The molecule has 3 N–H and O–H groups in total. The molecule has 2 heterocycles. The molecule has 3 rings (SSSR count). The van der Waals surface area contributed by atoms with E-state index in [1.807, 2.05) is 11.0 Å². The maximum atomic E-state index is 12.0. The minimum atomic E-state index is -0.290. The van der Waals surface area contributed by atoms with E-state index in [4.69, 9.17) is 5.73 Å². The summed E-state index contributed by atoms with van der Waals surface area (Å²) in [6.07, 6.45) is -0.290. The lowest BCUT2D eigenvalue weighted by Gasteiger charge is -2.38. The van der Waals surface area contributed by atoms with Gasteiger partial charge in [0, 0.05) is 32.9 Å². The molecule has 0 bridgehead atoms. The van der Waals surface area contributed by atoms with Crippen LogP contribution in [0.25, 0.3) is 11.0 Å². The molecule has 0 radical (unpaired) electrons. The van der Waals surface area contributed by atoms with Crippen LogP contribution >= 0.6 is 0 Å². The van der Waals surface area contributed by atoms with Gasteiger partial charge in [-0.1, -0.05) is 0 Å². The number of nitrogens with two attached hydrogens (primary N) is 1. The Morgan fingerprint density at radius 3 is 2.56 bits per heavy atom. The van der Waals surface area contributed by atoms with E-state index in [0.29, 0.717) is 18.8 Å². The lowest BCUT2D eigenvalue weighted by molar-refractivity contribution is 0.142. The average molecular weight is 248 g/mol. The zero-order valence-electron chi connectivity index (χ0n) is 10.4. The second kappa shape index (κ2) is 3.52. The number of rotatable bonds is 1. The van der Waals surface area contributed by atoms with Gasteiger partial charge in [0.2, 0.25) is 0 Å². The molecule has 0 amide bonds. The minimum Gasteiger partial charge on any atom is -0.399 e. The first-order valence-corrected chi connectivity index (χ1v) is 5.87. The standard InChI is InChI=1S/C12H16N4O2/c1-14-9-3-7(13)4-10(16-5-8(17)6-16)11(9)15(2)12(14)18/h3-4,8,17H,5-6,13H2,1-2H3.